The van der Waals surface area contributed by atoms with E-state index in [0.717, 1.165) is 46.3 Å². The van der Waals surface area contributed by atoms with Crippen molar-refractivity contribution in [2.24, 2.45) is 0 Å². The first-order chi connectivity index (χ1) is 17.6. The molecule has 4 heterocycles. The lowest BCUT2D eigenvalue weighted by molar-refractivity contribution is -0.131. The second-order valence-electron chi connectivity index (χ2n) is 9.46. The number of rotatable bonds is 6. The largest absolute Gasteiger partial charge is 0.381 e. The predicted octanol–water partition coefficient (Wildman–Crippen LogP) is 3.68. The maximum absolute atomic E-state index is 13.9. The van der Waals surface area contributed by atoms with Gasteiger partial charge in [0.2, 0.25) is 5.91 Å². The number of likely N-dealkylation sites (N-methyl/N-ethyl adjacent to an activating group) is 1. The van der Waals surface area contributed by atoms with E-state index in [2.05, 4.69) is 38.8 Å². The van der Waals surface area contributed by atoms with Crippen molar-refractivity contribution in [1.82, 2.24) is 25.5 Å². The van der Waals surface area contributed by atoms with Gasteiger partial charge in [0.1, 0.15) is 5.70 Å². The molecular formula is C28H33N5O3. The molecule has 1 aromatic carbocycles. The molecule has 8 nitrogen and oxygen atoms in total. The van der Waals surface area contributed by atoms with Crippen LogP contribution in [-0.4, -0.2) is 59.5 Å². The summed E-state index contributed by atoms with van der Waals surface area (Å²) in [6.45, 7) is 3.55. The fraction of sp³-hybridized carbons (Fsp3) is 0.393. The third kappa shape index (κ3) is 4.79. The summed E-state index contributed by atoms with van der Waals surface area (Å²) in [6.07, 6.45) is 4.88. The molecule has 2 fully saturated rings. The van der Waals surface area contributed by atoms with Crippen molar-refractivity contribution in [3.8, 4) is 11.3 Å². The lowest BCUT2D eigenvalue weighted by Crippen LogP contribution is -2.45. The molecule has 0 saturated carbocycles. The summed E-state index contributed by atoms with van der Waals surface area (Å²) < 4.78 is 5.51. The average molecular weight is 488 g/mol. The molecule has 0 bridgehead atoms. The Bertz CT molecular complexity index is 1270. The summed E-state index contributed by atoms with van der Waals surface area (Å²) in [5.74, 6) is -0.328. The van der Waals surface area contributed by atoms with Crippen LogP contribution in [0, 0.1) is 0 Å². The zero-order chi connectivity index (χ0) is 25.1. The number of likely N-dealkylation sites (tertiary alicyclic amines) is 1. The van der Waals surface area contributed by atoms with E-state index in [4.69, 9.17) is 4.74 Å². The maximum Gasteiger partial charge on any atom is 0.270 e. The van der Waals surface area contributed by atoms with Gasteiger partial charge in [-0.2, -0.15) is 0 Å². The van der Waals surface area contributed by atoms with Gasteiger partial charge in [-0.25, -0.2) is 0 Å². The minimum absolute atomic E-state index is 0.0948. The molecule has 3 aromatic rings. The number of hydrogen-bond donors (Lipinski definition) is 3. The van der Waals surface area contributed by atoms with E-state index < -0.39 is 6.04 Å². The normalized spacial score (nSPS) is 18.9. The monoisotopic (exact) mass is 487 g/mol. The molecule has 2 aromatic heterocycles. The Labute approximate surface area is 211 Å². The van der Waals surface area contributed by atoms with Gasteiger partial charge in [-0.05, 0) is 57.4 Å². The molecule has 2 aliphatic heterocycles. The van der Waals surface area contributed by atoms with Crippen LogP contribution in [0.15, 0.2) is 59.9 Å². The second kappa shape index (κ2) is 10.6. The number of benzene rings is 1. The minimum Gasteiger partial charge on any atom is -0.381 e. The van der Waals surface area contributed by atoms with Crippen molar-refractivity contribution < 1.29 is 14.3 Å². The number of carbonyl (C=O) groups is 2. The number of H-pyrrole nitrogens is 1. The van der Waals surface area contributed by atoms with Crippen molar-refractivity contribution in [2.75, 3.05) is 26.8 Å². The number of amides is 2. The van der Waals surface area contributed by atoms with Crippen molar-refractivity contribution in [2.45, 2.75) is 44.7 Å². The molecule has 36 heavy (non-hydrogen) atoms. The number of ether oxygens (including phenoxy) is 1. The SMILES string of the molecule is CN[C@@H](C)C(=O)NC(C(=O)N1CCC[C@H]1c1cc2ccnc(-c3ccccc3)c2[nH]1)=C1CCOCC1. The van der Waals surface area contributed by atoms with Gasteiger partial charge in [-0.1, -0.05) is 30.3 Å². The smallest absolute Gasteiger partial charge is 0.270 e. The van der Waals surface area contributed by atoms with E-state index in [0.29, 0.717) is 38.3 Å². The Kier molecular flexibility index (Phi) is 7.16. The minimum atomic E-state index is -0.403. The summed E-state index contributed by atoms with van der Waals surface area (Å²) >= 11 is 0. The van der Waals surface area contributed by atoms with E-state index in [1.54, 1.807) is 14.0 Å². The van der Waals surface area contributed by atoms with Gasteiger partial charge in [0.05, 0.1) is 36.5 Å². The highest BCUT2D eigenvalue weighted by molar-refractivity contribution is 5.99. The molecule has 5 rings (SSSR count). The molecule has 0 unspecified atom stereocenters. The molecule has 8 heteroatoms. The van der Waals surface area contributed by atoms with Crippen LogP contribution in [-0.2, 0) is 14.3 Å². The summed E-state index contributed by atoms with van der Waals surface area (Å²) in [5, 5.41) is 6.98. The standard InChI is InChI=1S/C28H33N5O3/c1-18(29-2)27(34)32-26(20-11-15-36-16-12-20)28(35)33-14-6-9-23(33)22-17-21-10-13-30-24(25(21)31-22)19-7-4-3-5-8-19/h3-5,7-8,10,13,17-18,23,29,31H,6,9,11-12,14-16H2,1-2H3,(H,32,34)/t18-,23-/m0/s1. The van der Waals surface area contributed by atoms with Gasteiger partial charge in [-0.3, -0.25) is 14.6 Å². The van der Waals surface area contributed by atoms with Crippen LogP contribution < -0.4 is 10.6 Å². The Morgan fingerprint density at radius 2 is 1.94 bits per heavy atom. The van der Waals surface area contributed by atoms with Crippen LogP contribution in [0.3, 0.4) is 0 Å². The van der Waals surface area contributed by atoms with Crippen LogP contribution in [0.25, 0.3) is 22.2 Å². The van der Waals surface area contributed by atoms with Crippen LogP contribution in [0.2, 0.25) is 0 Å². The van der Waals surface area contributed by atoms with Crippen molar-refractivity contribution >= 4 is 22.7 Å². The number of hydrogen-bond acceptors (Lipinski definition) is 5. The van der Waals surface area contributed by atoms with E-state index in [1.807, 2.05) is 35.4 Å². The average Bonchev–Trinajstić information content (AvgIpc) is 3.59. The van der Waals surface area contributed by atoms with E-state index >= 15 is 0 Å². The first-order valence-electron chi connectivity index (χ1n) is 12.7. The first kappa shape index (κ1) is 24.2. The lowest BCUT2D eigenvalue weighted by atomic mass is 10.0. The highest BCUT2D eigenvalue weighted by Gasteiger charge is 2.35. The van der Waals surface area contributed by atoms with Gasteiger partial charge < -0.3 is 25.3 Å². The number of nitrogens with one attached hydrogen (secondary N) is 3. The van der Waals surface area contributed by atoms with Crippen LogP contribution in [0.5, 0.6) is 0 Å². The fourth-order valence-corrected chi connectivity index (χ4v) is 5.07. The third-order valence-corrected chi connectivity index (χ3v) is 7.22. The number of aromatic nitrogens is 2. The molecule has 3 N–H and O–H groups in total. The number of aromatic amines is 1. The lowest BCUT2D eigenvalue weighted by Gasteiger charge is -2.28. The molecule has 0 aliphatic carbocycles. The molecular weight excluding hydrogens is 454 g/mol. The zero-order valence-corrected chi connectivity index (χ0v) is 20.8. The van der Waals surface area contributed by atoms with Crippen molar-refractivity contribution in [3.05, 3.63) is 65.6 Å². The zero-order valence-electron chi connectivity index (χ0n) is 20.8. The quantitative estimate of drug-likeness (QED) is 0.461. The maximum atomic E-state index is 13.9. The third-order valence-electron chi connectivity index (χ3n) is 7.22. The number of pyridine rings is 1. The molecule has 2 saturated heterocycles. The number of carbonyl (C=O) groups excluding carboxylic acids is 2. The van der Waals surface area contributed by atoms with Gasteiger partial charge in [0.25, 0.3) is 5.91 Å². The molecule has 2 amide bonds. The van der Waals surface area contributed by atoms with Gasteiger partial charge in [0, 0.05) is 29.4 Å². The molecule has 188 valence electrons. The van der Waals surface area contributed by atoms with Crippen LogP contribution in [0.1, 0.15) is 44.3 Å². The van der Waals surface area contributed by atoms with Gasteiger partial charge in [0.15, 0.2) is 0 Å². The summed E-state index contributed by atoms with van der Waals surface area (Å²) in [7, 11) is 1.73. The fourth-order valence-electron chi connectivity index (χ4n) is 5.07. The van der Waals surface area contributed by atoms with Crippen LogP contribution in [0.4, 0.5) is 0 Å². The summed E-state index contributed by atoms with van der Waals surface area (Å²) in [4.78, 5) is 36.8. The van der Waals surface area contributed by atoms with Gasteiger partial charge >= 0.3 is 0 Å². The van der Waals surface area contributed by atoms with Gasteiger partial charge in [-0.15, -0.1) is 0 Å². The Balaban J connectivity index is 1.47. The Morgan fingerprint density at radius 1 is 1.17 bits per heavy atom. The van der Waals surface area contributed by atoms with Crippen molar-refractivity contribution in [1.29, 1.82) is 0 Å². The van der Waals surface area contributed by atoms with E-state index in [9.17, 15) is 9.59 Å². The predicted molar refractivity (Wildman–Crippen MR) is 139 cm³/mol. The number of nitrogens with zero attached hydrogens (tertiary/aromatic N) is 2. The Hall–Kier alpha value is -3.49. The molecule has 2 aliphatic rings. The molecule has 0 radical (unpaired) electrons. The van der Waals surface area contributed by atoms with Crippen LogP contribution >= 0.6 is 0 Å². The first-order valence-corrected chi connectivity index (χ1v) is 12.7. The number of fused-ring (bicyclic) bond motifs is 1. The highest BCUT2D eigenvalue weighted by atomic mass is 16.5. The summed E-state index contributed by atoms with van der Waals surface area (Å²) in [5.41, 5.74) is 5.28. The topological polar surface area (TPSA) is 99.4 Å². The molecule has 0 spiro atoms. The summed E-state index contributed by atoms with van der Waals surface area (Å²) in [6, 6.07) is 13.7. The highest BCUT2D eigenvalue weighted by Crippen LogP contribution is 2.36. The Morgan fingerprint density at radius 3 is 2.69 bits per heavy atom. The second-order valence-corrected chi connectivity index (χ2v) is 9.46. The van der Waals surface area contributed by atoms with E-state index in [-0.39, 0.29) is 17.9 Å². The van der Waals surface area contributed by atoms with Crippen molar-refractivity contribution in [3.63, 3.8) is 0 Å². The molecule has 2 atom stereocenters. The van der Waals surface area contributed by atoms with E-state index in [1.165, 1.54) is 0 Å².